The van der Waals surface area contributed by atoms with E-state index in [2.05, 4.69) is 48.4 Å². The van der Waals surface area contributed by atoms with E-state index >= 15 is 0 Å². The molecule has 1 aromatic carbocycles. The van der Waals surface area contributed by atoms with E-state index in [-0.39, 0.29) is 5.92 Å². The minimum atomic E-state index is 0.142. The van der Waals surface area contributed by atoms with Gasteiger partial charge < -0.3 is 4.74 Å². The monoisotopic (exact) mass is 266 g/mol. The molecule has 0 N–H and O–H groups in total. The van der Waals surface area contributed by atoms with Crippen molar-refractivity contribution in [1.82, 2.24) is 0 Å². The van der Waals surface area contributed by atoms with Gasteiger partial charge >= 0.3 is 0 Å². The van der Waals surface area contributed by atoms with Crippen molar-refractivity contribution >= 4 is 6.08 Å². The largest absolute Gasteiger partial charge is 0.465 e. The van der Waals surface area contributed by atoms with Gasteiger partial charge in [0, 0.05) is 0 Å². The van der Waals surface area contributed by atoms with Gasteiger partial charge in [-0.05, 0) is 35.1 Å². The van der Waals surface area contributed by atoms with E-state index in [4.69, 9.17) is 4.74 Å². The average Bonchev–Trinajstić information content (AvgIpc) is 2.72. The number of fused-ring (bicyclic) bond motifs is 1. The summed E-state index contributed by atoms with van der Waals surface area (Å²) in [6.07, 6.45) is 11.4. The van der Waals surface area contributed by atoms with Crippen molar-refractivity contribution in [1.29, 1.82) is 0 Å². The third kappa shape index (κ3) is 2.09. The SMILES string of the molecule is CCc1ccc2c(c1CC)C=CC2C1=CN=NC=CO1. The minimum Gasteiger partial charge on any atom is -0.465 e. The number of allylic oxidation sites excluding steroid dienone is 1. The van der Waals surface area contributed by atoms with Crippen LogP contribution >= 0.6 is 0 Å². The van der Waals surface area contributed by atoms with Crippen LogP contribution < -0.4 is 0 Å². The van der Waals surface area contributed by atoms with E-state index in [9.17, 15) is 0 Å². The van der Waals surface area contributed by atoms with E-state index in [1.807, 2.05) is 0 Å². The molecule has 1 unspecified atom stereocenters. The molecular formula is C17H18N2O. The molecule has 0 radical (unpaired) electrons. The first kappa shape index (κ1) is 12.9. The summed E-state index contributed by atoms with van der Waals surface area (Å²) in [7, 11) is 0. The molecule has 1 aliphatic carbocycles. The van der Waals surface area contributed by atoms with Gasteiger partial charge in [0.05, 0.1) is 18.3 Å². The molecule has 1 atom stereocenters. The van der Waals surface area contributed by atoms with Gasteiger partial charge in [0.1, 0.15) is 12.0 Å². The maximum atomic E-state index is 5.62. The highest BCUT2D eigenvalue weighted by atomic mass is 16.5. The van der Waals surface area contributed by atoms with Gasteiger partial charge in [0.25, 0.3) is 0 Å². The van der Waals surface area contributed by atoms with E-state index in [0.29, 0.717) is 0 Å². The molecular weight excluding hydrogens is 248 g/mol. The molecule has 0 amide bonds. The van der Waals surface area contributed by atoms with Crippen LogP contribution in [0.1, 0.15) is 42.0 Å². The zero-order valence-electron chi connectivity index (χ0n) is 11.8. The lowest BCUT2D eigenvalue weighted by Crippen LogP contribution is -2.03. The van der Waals surface area contributed by atoms with Crippen molar-refractivity contribution in [3.05, 3.63) is 64.9 Å². The first-order valence-corrected chi connectivity index (χ1v) is 7.09. The summed E-state index contributed by atoms with van der Waals surface area (Å²) in [6, 6.07) is 4.46. The quantitative estimate of drug-likeness (QED) is 0.779. The van der Waals surface area contributed by atoms with E-state index < -0.39 is 0 Å². The maximum Gasteiger partial charge on any atom is 0.135 e. The fourth-order valence-corrected chi connectivity index (χ4v) is 2.94. The van der Waals surface area contributed by atoms with Crippen molar-refractivity contribution in [2.24, 2.45) is 10.2 Å². The van der Waals surface area contributed by atoms with Gasteiger partial charge in [-0.15, -0.1) is 0 Å². The molecule has 0 saturated carbocycles. The number of azo groups is 1. The summed E-state index contributed by atoms with van der Waals surface area (Å²) in [5, 5.41) is 7.79. The summed E-state index contributed by atoms with van der Waals surface area (Å²) < 4.78 is 5.62. The molecule has 0 saturated heterocycles. The van der Waals surface area contributed by atoms with Crippen molar-refractivity contribution < 1.29 is 4.74 Å². The normalized spacial score (nSPS) is 19.5. The molecule has 0 bridgehead atoms. The molecule has 20 heavy (non-hydrogen) atoms. The zero-order valence-corrected chi connectivity index (χ0v) is 11.8. The van der Waals surface area contributed by atoms with Crippen LogP contribution in [-0.4, -0.2) is 0 Å². The first-order valence-electron chi connectivity index (χ1n) is 7.09. The smallest absolute Gasteiger partial charge is 0.135 e. The summed E-state index contributed by atoms with van der Waals surface area (Å²) in [6.45, 7) is 4.42. The van der Waals surface area contributed by atoms with Gasteiger partial charge in [-0.2, -0.15) is 10.2 Å². The van der Waals surface area contributed by atoms with Crippen LogP contribution in [0.25, 0.3) is 6.08 Å². The summed E-state index contributed by atoms with van der Waals surface area (Å²) in [5.74, 6) is 0.965. The Bertz CT molecular complexity index is 639. The van der Waals surface area contributed by atoms with Gasteiger partial charge in [0.15, 0.2) is 0 Å². The summed E-state index contributed by atoms with van der Waals surface area (Å²) >= 11 is 0. The summed E-state index contributed by atoms with van der Waals surface area (Å²) in [4.78, 5) is 0. The number of hydrogen-bond donors (Lipinski definition) is 0. The number of aryl methyl sites for hydroxylation is 1. The molecule has 0 spiro atoms. The molecule has 102 valence electrons. The Morgan fingerprint density at radius 1 is 1.15 bits per heavy atom. The van der Waals surface area contributed by atoms with Gasteiger partial charge in [-0.25, -0.2) is 0 Å². The number of nitrogens with zero attached hydrogens (tertiary/aromatic N) is 2. The Morgan fingerprint density at radius 3 is 2.85 bits per heavy atom. The third-order valence-electron chi connectivity index (χ3n) is 3.90. The van der Waals surface area contributed by atoms with E-state index in [1.165, 1.54) is 22.3 Å². The number of rotatable bonds is 3. The van der Waals surface area contributed by atoms with Crippen molar-refractivity contribution in [3.63, 3.8) is 0 Å². The molecule has 0 aromatic heterocycles. The summed E-state index contributed by atoms with van der Waals surface area (Å²) in [5.41, 5.74) is 5.55. The second-order valence-corrected chi connectivity index (χ2v) is 4.92. The lowest BCUT2D eigenvalue weighted by atomic mass is 9.91. The molecule has 1 aromatic rings. The van der Waals surface area contributed by atoms with Crippen LogP contribution in [0.5, 0.6) is 0 Å². The molecule has 1 aliphatic heterocycles. The van der Waals surface area contributed by atoms with Crippen LogP contribution in [-0.2, 0) is 17.6 Å². The van der Waals surface area contributed by atoms with Gasteiger partial charge in [-0.3, -0.25) is 0 Å². The molecule has 1 heterocycles. The second-order valence-electron chi connectivity index (χ2n) is 4.92. The van der Waals surface area contributed by atoms with Gasteiger partial charge in [0.2, 0.25) is 0 Å². The van der Waals surface area contributed by atoms with Crippen LogP contribution in [0.2, 0.25) is 0 Å². The molecule has 0 fully saturated rings. The number of benzene rings is 1. The van der Waals surface area contributed by atoms with Crippen LogP contribution in [0, 0.1) is 0 Å². The first-order chi connectivity index (χ1) is 9.85. The zero-order chi connectivity index (χ0) is 13.9. The Balaban J connectivity index is 2.03. The van der Waals surface area contributed by atoms with Crippen molar-refractivity contribution in [2.75, 3.05) is 0 Å². The Labute approximate surface area is 119 Å². The second kappa shape index (κ2) is 5.45. The fourth-order valence-electron chi connectivity index (χ4n) is 2.94. The van der Waals surface area contributed by atoms with Crippen molar-refractivity contribution in [3.8, 4) is 0 Å². The van der Waals surface area contributed by atoms with Crippen molar-refractivity contribution in [2.45, 2.75) is 32.6 Å². The highest BCUT2D eigenvalue weighted by molar-refractivity contribution is 5.68. The standard InChI is InChI=1S/C17H18N2O/c1-3-12-5-6-15-14(13(12)4-2)7-8-16(15)17-11-19-18-9-10-20-17/h5-11,16H,3-4H2,1-2H3. The minimum absolute atomic E-state index is 0.142. The predicted molar refractivity (Wildman–Crippen MR) is 80.1 cm³/mol. The number of ether oxygens (including phenoxy) is 1. The Hall–Kier alpha value is -2.16. The lowest BCUT2D eigenvalue weighted by Gasteiger charge is -2.16. The van der Waals surface area contributed by atoms with Gasteiger partial charge in [-0.1, -0.05) is 38.1 Å². The Kier molecular flexibility index (Phi) is 3.50. The highest BCUT2D eigenvalue weighted by Gasteiger charge is 2.25. The van der Waals surface area contributed by atoms with E-state index in [1.54, 1.807) is 18.7 Å². The predicted octanol–water partition coefficient (Wildman–Crippen LogP) is 4.72. The molecule has 3 nitrogen and oxygen atoms in total. The van der Waals surface area contributed by atoms with Crippen LogP contribution in [0.3, 0.4) is 0 Å². The molecule has 3 rings (SSSR count). The number of hydrogen-bond acceptors (Lipinski definition) is 3. The van der Waals surface area contributed by atoms with Crippen LogP contribution in [0.15, 0.2) is 52.9 Å². The fraction of sp³-hybridized carbons (Fsp3) is 0.294. The molecule has 2 aliphatic rings. The topological polar surface area (TPSA) is 34.0 Å². The highest BCUT2D eigenvalue weighted by Crippen LogP contribution is 2.39. The third-order valence-corrected chi connectivity index (χ3v) is 3.90. The average molecular weight is 266 g/mol. The lowest BCUT2D eigenvalue weighted by molar-refractivity contribution is 0.330. The maximum absolute atomic E-state index is 5.62. The molecule has 3 heteroatoms. The van der Waals surface area contributed by atoms with E-state index in [0.717, 1.165) is 18.6 Å². The Morgan fingerprint density at radius 2 is 2.05 bits per heavy atom. The van der Waals surface area contributed by atoms with Crippen LogP contribution in [0.4, 0.5) is 0 Å².